The van der Waals surface area contributed by atoms with Gasteiger partial charge in [-0.15, -0.1) is 11.3 Å². The minimum absolute atomic E-state index is 0.364. The van der Waals surface area contributed by atoms with Crippen molar-refractivity contribution < 1.29 is 0 Å². The highest BCUT2D eigenvalue weighted by Gasteiger charge is 2.13. The van der Waals surface area contributed by atoms with Crippen LogP contribution in [-0.4, -0.2) is 36.1 Å². The first-order valence-corrected chi connectivity index (χ1v) is 7.31. The van der Waals surface area contributed by atoms with Gasteiger partial charge in [0, 0.05) is 43.5 Å². The van der Waals surface area contributed by atoms with Crippen molar-refractivity contribution >= 4 is 23.1 Å². The highest BCUT2D eigenvalue weighted by Crippen LogP contribution is 2.18. The van der Waals surface area contributed by atoms with E-state index in [0.29, 0.717) is 5.95 Å². The van der Waals surface area contributed by atoms with E-state index in [1.807, 2.05) is 0 Å². The molecule has 0 spiro atoms. The van der Waals surface area contributed by atoms with Gasteiger partial charge in [0.25, 0.3) is 0 Å². The number of hydrogen-bond acceptors (Lipinski definition) is 6. The Bertz CT molecular complexity index is 534. The van der Waals surface area contributed by atoms with Gasteiger partial charge in [0.1, 0.15) is 5.82 Å². The smallest absolute Gasteiger partial charge is 0.222 e. The lowest BCUT2D eigenvalue weighted by molar-refractivity contribution is 0.584. The van der Waals surface area contributed by atoms with Gasteiger partial charge in [0.15, 0.2) is 0 Å². The third kappa shape index (κ3) is 3.02. The average molecular weight is 275 g/mol. The number of nitrogens with one attached hydrogen (secondary N) is 1. The molecule has 1 aliphatic heterocycles. The van der Waals surface area contributed by atoms with E-state index in [9.17, 15) is 0 Å². The lowest BCUT2D eigenvalue weighted by Gasteiger charge is -2.28. The molecule has 0 amide bonds. The monoisotopic (exact) mass is 275 g/mol. The summed E-state index contributed by atoms with van der Waals surface area (Å²) in [4.78, 5) is 12.2. The van der Waals surface area contributed by atoms with Crippen molar-refractivity contribution in [1.29, 1.82) is 0 Å². The first kappa shape index (κ1) is 12.4. The second kappa shape index (κ2) is 5.54. The standard InChI is InChI=1S/C13H17N5S/c14-13-16-10(8-11-2-1-7-19-11)9-12(17-13)18-5-3-15-4-6-18/h1-2,7,9,15H,3-6,8H2,(H2,14,16,17). The van der Waals surface area contributed by atoms with Crippen LogP contribution >= 0.6 is 11.3 Å². The molecule has 0 atom stereocenters. The highest BCUT2D eigenvalue weighted by molar-refractivity contribution is 7.09. The summed E-state index contributed by atoms with van der Waals surface area (Å²) in [5.41, 5.74) is 6.82. The zero-order chi connectivity index (χ0) is 13.1. The third-order valence-corrected chi connectivity index (χ3v) is 4.04. The Kier molecular flexibility index (Phi) is 3.61. The molecule has 2 aromatic rings. The number of hydrogen-bond donors (Lipinski definition) is 2. The molecule has 0 unspecified atom stereocenters. The van der Waals surface area contributed by atoms with Crippen LogP contribution < -0.4 is 16.0 Å². The van der Waals surface area contributed by atoms with E-state index < -0.39 is 0 Å². The summed E-state index contributed by atoms with van der Waals surface area (Å²) in [6.07, 6.45) is 0.823. The van der Waals surface area contributed by atoms with Gasteiger partial charge in [-0.2, -0.15) is 4.98 Å². The van der Waals surface area contributed by atoms with Crippen LogP contribution in [0.3, 0.4) is 0 Å². The molecule has 0 saturated carbocycles. The van der Waals surface area contributed by atoms with Gasteiger partial charge in [-0.3, -0.25) is 0 Å². The number of piperazine rings is 1. The van der Waals surface area contributed by atoms with Gasteiger partial charge in [0.05, 0.1) is 5.69 Å². The molecule has 1 saturated heterocycles. The van der Waals surface area contributed by atoms with Crippen molar-refractivity contribution in [3.63, 3.8) is 0 Å². The van der Waals surface area contributed by atoms with Crippen LogP contribution in [0.5, 0.6) is 0 Å². The van der Waals surface area contributed by atoms with Gasteiger partial charge in [-0.25, -0.2) is 4.98 Å². The summed E-state index contributed by atoms with van der Waals surface area (Å²) in [7, 11) is 0. The molecule has 2 aromatic heterocycles. The first-order valence-electron chi connectivity index (χ1n) is 6.43. The van der Waals surface area contributed by atoms with Gasteiger partial charge in [0.2, 0.25) is 5.95 Å². The van der Waals surface area contributed by atoms with Crippen LogP contribution in [0.25, 0.3) is 0 Å². The Morgan fingerprint density at radius 3 is 2.89 bits per heavy atom. The van der Waals surface area contributed by atoms with Crippen molar-refractivity contribution in [3.8, 4) is 0 Å². The molecule has 0 radical (unpaired) electrons. The van der Waals surface area contributed by atoms with E-state index in [1.165, 1.54) is 4.88 Å². The number of thiophene rings is 1. The van der Waals surface area contributed by atoms with E-state index in [4.69, 9.17) is 5.73 Å². The molecular formula is C13H17N5S. The Balaban J connectivity index is 1.82. The zero-order valence-electron chi connectivity index (χ0n) is 10.7. The summed E-state index contributed by atoms with van der Waals surface area (Å²) in [5, 5.41) is 5.42. The van der Waals surface area contributed by atoms with Gasteiger partial charge in [-0.05, 0) is 11.4 Å². The van der Waals surface area contributed by atoms with Crippen molar-refractivity contribution in [2.24, 2.45) is 0 Å². The van der Waals surface area contributed by atoms with Crippen LogP contribution in [0.4, 0.5) is 11.8 Å². The molecular weight excluding hydrogens is 258 g/mol. The Labute approximate surface area is 116 Å². The van der Waals surface area contributed by atoms with E-state index in [-0.39, 0.29) is 0 Å². The summed E-state index contributed by atoms with van der Waals surface area (Å²) >= 11 is 1.74. The van der Waals surface area contributed by atoms with Gasteiger partial charge < -0.3 is 16.0 Å². The zero-order valence-corrected chi connectivity index (χ0v) is 11.5. The molecule has 1 aliphatic rings. The maximum Gasteiger partial charge on any atom is 0.222 e. The van der Waals surface area contributed by atoms with Crippen LogP contribution in [0.15, 0.2) is 23.6 Å². The van der Waals surface area contributed by atoms with E-state index in [2.05, 4.69) is 43.8 Å². The van der Waals surface area contributed by atoms with E-state index >= 15 is 0 Å². The number of nitrogens with zero attached hydrogens (tertiary/aromatic N) is 3. The minimum atomic E-state index is 0.364. The second-order valence-corrected chi connectivity index (χ2v) is 5.60. The van der Waals surface area contributed by atoms with Crippen LogP contribution in [0.1, 0.15) is 10.6 Å². The van der Waals surface area contributed by atoms with Crippen molar-refractivity contribution in [3.05, 3.63) is 34.2 Å². The summed E-state index contributed by atoms with van der Waals surface area (Å²) < 4.78 is 0. The second-order valence-electron chi connectivity index (χ2n) is 4.57. The lowest BCUT2D eigenvalue weighted by atomic mass is 10.2. The highest BCUT2D eigenvalue weighted by atomic mass is 32.1. The fourth-order valence-electron chi connectivity index (χ4n) is 2.24. The molecule has 3 heterocycles. The van der Waals surface area contributed by atoms with Crippen LogP contribution in [0, 0.1) is 0 Å². The molecule has 1 fully saturated rings. The molecule has 0 aromatic carbocycles. The van der Waals surface area contributed by atoms with E-state index in [1.54, 1.807) is 11.3 Å². The largest absolute Gasteiger partial charge is 0.368 e. The SMILES string of the molecule is Nc1nc(Cc2cccs2)cc(N2CCNCC2)n1. The number of nitrogen functional groups attached to an aromatic ring is 1. The Morgan fingerprint density at radius 2 is 2.16 bits per heavy atom. The predicted molar refractivity (Wildman–Crippen MR) is 78.7 cm³/mol. The van der Waals surface area contributed by atoms with Crippen molar-refractivity contribution in [1.82, 2.24) is 15.3 Å². The maximum atomic E-state index is 5.83. The normalized spacial score (nSPS) is 15.7. The molecule has 6 heteroatoms. The summed E-state index contributed by atoms with van der Waals surface area (Å²) in [5.74, 6) is 1.31. The fourth-order valence-corrected chi connectivity index (χ4v) is 2.96. The molecule has 5 nitrogen and oxygen atoms in total. The van der Waals surface area contributed by atoms with Crippen molar-refractivity contribution in [2.75, 3.05) is 36.8 Å². The van der Waals surface area contributed by atoms with Crippen molar-refractivity contribution in [2.45, 2.75) is 6.42 Å². The fraction of sp³-hybridized carbons (Fsp3) is 0.385. The number of rotatable bonds is 3. The van der Waals surface area contributed by atoms with E-state index in [0.717, 1.165) is 44.1 Å². The lowest BCUT2D eigenvalue weighted by Crippen LogP contribution is -2.44. The molecule has 3 rings (SSSR count). The Hall–Kier alpha value is -1.66. The summed E-state index contributed by atoms with van der Waals surface area (Å²) in [6, 6.07) is 6.23. The first-order chi connectivity index (χ1) is 9.31. The predicted octanol–water partition coefficient (Wildman–Crippen LogP) is 1.12. The number of nitrogens with two attached hydrogens (primary N) is 1. The topological polar surface area (TPSA) is 67.1 Å². The number of aromatic nitrogens is 2. The summed E-state index contributed by atoms with van der Waals surface area (Å²) in [6.45, 7) is 3.91. The molecule has 0 aliphatic carbocycles. The average Bonchev–Trinajstić information content (AvgIpc) is 2.92. The molecule has 100 valence electrons. The Morgan fingerprint density at radius 1 is 1.32 bits per heavy atom. The number of anilines is 2. The minimum Gasteiger partial charge on any atom is -0.368 e. The third-order valence-electron chi connectivity index (χ3n) is 3.16. The quantitative estimate of drug-likeness (QED) is 0.878. The maximum absolute atomic E-state index is 5.83. The molecule has 19 heavy (non-hydrogen) atoms. The molecule has 0 bridgehead atoms. The van der Waals surface area contributed by atoms with Gasteiger partial charge >= 0.3 is 0 Å². The van der Waals surface area contributed by atoms with Crippen LogP contribution in [-0.2, 0) is 6.42 Å². The molecule has 3 N–H and O–H groups in total. The van der Waals surface area contributed by atoms with Gasteiger partial charge in [-0.1, -0.05) is 6.07 Å². The van der Waals surface area contributed by atoms with Crippen LogP contribution in [0.2, 0.25) is 0 Å².